The Morgan fingerprint density at radius 2 is 1.74 bits per heavy atom. The first-order valence-electron chi connectivity index (χ1n) is 7.48. The second-order valence-electron chi connectivity index (χ2n) is 5.65. The molecule has 0 spiro atoms. The number of aryl methyl sites for hydroxylation is 1. The maximum atomic E-state index is 11.1. The first-order chi connectivity index (χ1) is 12.5. The normalized spacial score (nSPS) is 12.9. The van der Waals surface area contributed by atoms with Crippen molar-refractivity contribution in [1.82, 2.24) is 10.2 Å². The Balaban J connectivity index is 1.70. The van der Waals surface area contributed by atoms with Crippen LogP contribution in [0.25, 0.3) is 22.6 Å². The highest BCUT2D eigenvalue weighted by molar-refractivity contribution is 9.10. The topological polar surface area (TPSA) is 161 Å². The summed E-state index contributed by atoms with van der Waals surface area (Å²) in [6.45, 7) is 0. The van der Waals surface area contributed by atoms with E-state index in [1.54, 1.807) is 12.1 Å². The van der Waals surface area contributed by atoms with Crippen molar-refractivity contribution in [2.45, 2.75) is 23.8 Å². The number of benzene rings is 1. The number of fused-ring (bicyclic) bond motifs is 1. The van der Waals surface area contributed by atoms with Gasteiger partial charge in [0.2, 0.25) is 10.5 Å². The van der Waals surface area contributed by atoms with Gasteiger partial charge >= 0.3 is 0 Å². The average molecular weight is 481 g/mol. The molecule has 3 rings (SSSR count). The second-order valence-corrected chi connectivity index (χ2v) is 10.1. The van der Waals surface area contributed by atoms with Gasteiger partial charge in [-0.25, -0.2) is 0 Å². The first kappa shape index (κ1) is 19.9. The predicted octanol–water partition coefficient (Wildman–Crippen LogP) is 2.67. The molecule has 0 saturated carbocycles. The van der Waals surface area contributed by atoms with Crippen molar-refractivity contribution in [2.75, 3.05) is 0 Å². The van der Waals surface area contributed by atoms with Crippen LogP contribution in [0.2, 0.25) is 0 Å². The average Bonchev–Trinajstić information content (AvgIpc) is 3.14. The monoisotopic (exact) mass is 480 g/mol. The lowest BCUT2D eigenvalue weighted by molar-refractivity contribution is 0.442. The molecule has 0 unspecified atom stereocenters. The highest BCUT2D eigenvalue weighted by atomic mass is 79.9. The highest BCUT2D eigenvalue weighted by Gasteiger charge is 2.34. The number of hydrogen-bond acceptors (Lipinski definition) is 8. The first-order valence-corrected chi connectivity index (χ1v) is 11.3. The highest BCUT2D eigenvalue weighted by Crippen LogP contribution is 2.29. The van der Waals surface area contributed by atoms with Crippen LogP contribution in [0, 0.1) is 0 Å². The predicted molar refractivity (Wildman–Crippen MR) is 97.0 cm³/mol. The molecule has 0 radical (unpaired) electrons. The van der Waals surface area contributed by atoms with Gasteiger partial charge in [-0.05, 0) is 37.1 Å². The Hall–Kier alpha value is -1.80. The van der Waals surface area contributed by atoms with Crippen molar-refractivity contribution in [1.29, 1.82) is 0 Å². The zero-order valence-electron chi connectivity index (χ0n) is 13.4. The molecule has 10 nitrogen and oxygen atoms in total. The third kappa shape index (κ3) is 4.73. The van der Waals surface area contributed by atoms with Crippen LogP contribution < -0.4 is 0 Å². The van der Waals surface area contributed by atoms with E-state index in [2.05, 4.69) is 26.1 Å². The van der Waals surface area contributed by atoms with Gasteiger partial charge in [-0.2, -0.15) is 16.8 Å². The molecule has 2 heterocycles. The van der Waals surface area contributed by atoms with Crippen LogP contribution in [0.15, 0.2) is 37.6 Å². The van der Waals surface area contributed by atoms with Crippen LogP contribution in [0.4, 0.5) is 0 Å². The summed E-state index contributed by atoms with van der Waals surface area (Å²) in [7, 11) is -9.91. The van der Waals surface area contributed by atoms with E-state index in [0.29, 0.717) is 11.3 Å². The smallest absolute Gasteiger partial charge is 0.284 e. The van der Waals surface area contributed by atoms with Crippen molar-refractivity contribution in [3.05, 3.63) is 34.6 Å². The summed E-state index contributed by atoms with van der Waals surface area (Å²) in [5, 5.41) is 8.46. The van der Waals surface area contributed by atoms with Crippen LogP contribution in [0.3, 0.4) is 0 Å². The van der Waals surface area contributed by atoms with E-state index in [1.165, 1.54) is 0 Å². The lowest BCUT2D eigenvalue weighted by Crippen LogP contribution is -2.29. The molecule has 13 heteroatoms. The van der Waals surface area contributed by atoms with Crippen molar-refractivity contribution in [3.63, 3.8) is 0 Å². The van der Waals surface area contributed by atoms with E-state index >= 15 is 0 Å². The largest absolute Gasteiger partial charge is 0.451 e. The van der Waals surface area contributed by atoms with Crippen molar-refractivity contribution in [3.8, 4) is 11.7 Å². The number of rotatable bonds is 7. The van der Waals surface area contributed by atoms with E-state index in [4.69, 9.17) is 17.9 Å². The molecule has 0 aliphatic heterocycles. The Labute approximate surface area is 162 Å². The fourth-order valence-corrected chi connectivity index (χ4v) is 4.98. The van der Waals surface area contributed by atoms with Gasteiger partial charge in [0.25, 0.3) is 26.1 Å². The summed E-state index contributed by atoms with van der Waals surface area (Å²) < 4.78 is 71.7. The fraction of sp³-hybridized carbons (Fsp3) is 0.286. The molecule has 0 fully saturated rings. The molecule has 0 saturated heterocycles. The van der Waals surface area contributed by atoms with E-state index < -0.39 is 31.2 Å². The lowest BCUT2D eigenvalue weighted by atomic mass is 10.2. The van der Waals surface area contributed by atoms with Gasteiger partial charge in [0, 0.05) is 16.3 Å². The standard InChI is InChI=1S/C14H13BrN2O8S2/c15-9-4-5-10-8(6-9)7-11(24-10)14-17-16-12(25-14)2-1-3-13(26(18,19)20)27(21,22)23/h4-7,13H,1-3H2,(H,18,19,20)(H,21,22,23). The minimum absolute atomic E-state index is 0.0420. The number of halogens is 1. The van der Waals surface area contributed by atoms with Crippen LogP contribution >= 0.6 is 15.9 Å². The molecule has 0 aliphatic rings. The van der Waals surface area contributed by atoms with Gasteiger partial charge in [-0.15, -0.1) is 10.2 Å². The number of nitrogens with zero attached hydrogens (tertiary/aromatic N) is 2. The molecule has 0 amide bonds. The Kier molecular flexibility index (Phi) is 5.40. The maximum Gasteiger partial charge on any atom is 0.284 e. The summed E-state index contributed by atoms with van der Waals surface area (Å²) in [4.78, 5) is 0. The second kappa shape index (κ2) is 7.31. The number of aromatic nitrogens is 2. The summed E-state index contributed by atoms with van der Waals surface area (Å²) >= 11 is 3.36. The number of hydrogen-bond donors (Lipinski definition) is 2. The van der Waals surface area contributed by atoms with Gasteiger partial charge in [0.05, 0.1) is 0 Å². The fourth-order valence-electron chi connectivity index (χ4n) is 2.45. The van der Waals surface area contributed by atoms with Gasteiger partial charge in [-0.1, -0.05) is 15.9 Å². The van der Waals surface area contributed by atoms with Crippen molar-refractivity contribution >= 4 is 47.1 Å². The SMILES string of the molecule is O=S(=O)(O)C(CCCc1nnc(-c2cc3cc(Br)ccc3o2)o1)S(=O)(=O)O. The third-order valence-corrected chi connectivity index (χ3v) is 7.40. The molecule has 0 bridgehead atoms. The molecule has 0 atom stereocenters. The number of furan rings is 1. The van der Waals surface area contributed by atoms with E-state index in [1.807, 2.05) is 12.1 Å². The minimum Gasteiger partial charge on any atom is -0.451 e. The van der Waals surface area contributed by atoms with Gasteiger partial charge in [-0.3, -0.25) is 9.11 Å². The Morgan fingerprint density at radius 1 is 1.04 bits per heavy atom. The van der Waals surface area contributed by atoms with Crippen molar-refractivity contribution in [2.24, 2.45) is 0 Å². The van der Waals surface area contributed by atoms with E-state index in [0.717, 1.165) is 9.86 Å². The zero-order valence-corrected chi connectivity index (χ0v) is 16.7. The summed E-state index contributed by atoms with van der Waals surface area (Å²) in [5.74, 6) is 0.574. The van der Waals surface area contributed by atoms with Crippen LogP contribution in [-0.2, 0) is 26.7 Å². The van der Waals surface area contributed by atoms with Crippen LogP contribution in [-0.4, -0.2) is 40.7 Å². The Morgan fingerprint density at radius 3 is 2.41 bits per heavy atom. The van der Waals surface area contributed by atoms with Crippen LogP contribution in [0.1, 0.15) is 18.7 Å². The third-order valence-electron chi connectivity index (χ3n) is 3.65. The zero-order chi connectivity index (χ0) is 19.8. The quantitative estimate of drug-likeness (QED) is 0.480. The molecule has 27 heavy (non-hydrogen) atoms. The maximum absolute atomic E-state index is 11.1. The molecule has 0 aliphatic carbocycles. The minimum atomic E-state index is -4.96. The lowest BCUT2D eigenvalue weighted by Gasteiger charge is -2.09. The molecule has 3 aromatic rings. The van der Waals surface area contributed by atoms with Gasteiger partial charge in [0.15, 0.2) is 5.76 Å². The molecular weight excluding hydrogens is 468 g/mol. The molecular formula is C14H13BrN2O8S2. The van der Waals surface area contributed by atoms with Gasteiger partial charge in [0.1, 0.15) is 5.58 Å². The molecule has 1 aromatic carbocycles. The summed E-state index contributed by atoms with van der Waals surface area (Å²) in [5.41, 5.74) is 0.622. The van der Waals surface area contributed by atoms with E-state index in [-0.39, 0.29) is 24.6 Å². The summed E-state index contributed by atoms with van der Waals surface area (Å²) in [6, 6.07) is 7.15. The molecule has 2 N–H and O–H groups in total. The summed E-state index contributed by atoms with van der Waals surface area (Å²) in [6.07, 6.45) is -0.534. The Bertz CT molecular complexity index is 1150. The van der Waals surface area contributed by atoms with Crippen LogP contribution in [0.5, 0.6) is 0 Å². The van der Waals surface area contributed by atoms with Gasteiger partial charge < -0.3 is 8.83 Å². The molecule has 146 valence electrons. The van der Waals surface area contributed by atoms with Crippen molar-refractivity contribution < 1.29 is 34.8 Å². The van der Waals surface area contributed by atoms with E-state index in [9.17, 15) is 16.8 Å². The molecule has 2 aromatic heterocycles.